The van der Waals surface area contributed by atoms with Crippen LogP contribution in [0.5, 0.6) is 0 Å². The average Bonchev–Trinajstić information content (AvgIpc) is 3.32. The number of carbonyl (C=O) groups is 5. The van der Waals surface area contributed by atoms with E-state index in [1.165, 1.54) is 0 Å². The van der Waals surface area contributed by atoms with E-state index in [1.54, 1.807) is 18.2 Å². The second kappa shape index (κ2) is 21.4. The molecule has 14 heteroatoms. The van der Waals surface area contributed by atoms with Gasteiger partial charge < -0.3 is 33.7 Å². The normalized spacial score (nSPS) is 16.7. The van der Waals surface area contributed by atoms with E-state index in [4.69, 9.17) is 28.4 Å². The Bertz CT molecular complexity index is 1180. The van der Waals surface area contributed by atoms with E-state index in [0.29, 0.717) is 78.3 Å². The maximum Gasteiger partial charge on any atom is 0.308 e. The van der Waals surface area contributed by atoms with Gasteiger partial charge in [0.05, 0.1) is 83.1 Å². The Morgan fingerprint density at radius 3 is 2.02 bits per heavy atom. The predicted molar refractivity (Wildman–Crippen MR) is 170 cm³/mol. The lowest BCUT2D eigenvalue weighted by Gasteiger charge is -2.27. The number of rotatable bonds is 25. The summed E-state index contributed by atoms with van der Waals surface area (Å²) in [5.74, 6) is -2.34. The van der Waals surface area contributed by atoms with Crippen LogP contribution in [0.3, 0.4) is 0 Å². The summed E-state index contributed by atoms with van der Waals surface area (Å²) in [4.78, 5) is 62.8. The van der Waals surface area contributed by atoms with Crippen molar-refractivity contribution >= 4 is 35.3 Å². The number of unbranched alkanes of at least 4 members (excludes halogenated alkanes) is 1. The van der Waals surface area contributed by atoms with E-state index in [2.05, 4.69) is 17.6 Å². The zero-order valence-electron chi connectivity index (χ0n) is 27.6. The summed E-state index contributed by atoms with van der Waals surface area (Å²) in [6.45, 7) is 8.74. The van der Waals surface area contributed by atoms with Crippen LogP contribution in [0.4, 0.5) is 5.69 Å². The van der Waals surface area contributed by atoms with Crippen molar-refractivity contribution in [1.29, 1.82) is 0 Å². The molecule has 2 N–H and O–H groups in total. The molecule has 2 unspecified atom stereocenters. The molecule has 2 aliphatic rings. The summed E-state index contributed by atoms with van der Waals surface area (Å²) in [6, 6.07) is 3.90. The number of amides is 4. The molecular formula is C33H49N3O11. The number of nitrogens with zero attached hydrogens (tertiary/aromatic N) is 1. The lowest BCUT2D eigenvalue weighted by molar-refractivity contribution is -0.150. The van der Waals surface area contributed by atoms with Crippen molar-refractivity contribution in [2.24, 2.45) is 5.92 Å². The second-order valence-electron chi connectivity index (χ2n) is 11.1. The van der Waals surface area contributed by atoms with Crippen LogP contribution >= 0.6 is 0 Å². The summed E-state index contributed by atoms with van der Waals surface area (Å²) in [5, 5.41) is 5.32. The van der Waals surface area contributed by atoms with Crippen molar-refractivity contribution in [2.45, 2.75) is 58.4 Å². The Hall–Kier alpha value is -3.43. The van der Waals surface area contributed by atoms with Crippen LogP contribution < -0.4 is 10.6 Å². The molecular weight excluding hydrogens is 614 g/mol. The van der Waals surface area contributed by atoms with Crippen LogP contribution in [-0.2, 0) is 42.8 Å². The molecule has 2 aliphatic heterocycles. The van der Waals surface area contributed by atoms with Crippen molar-refractivity contribution in [3.05, 3.63) is 29.3 Å². The third-order valence-electron chi connectivity index (χ3n) is 7.72. The van der Waals surface area contributed by atoms with Crippen LogP contribution in [0.25, 0.3) is 0 Å². The van der Waals surface area contributed by atoms with Gasteiger partial charge in [0.15, 0.2) is 0 Å². The first-order valence-corrected chi connectivity index (χ1v) is 16.5. The Morgan fingerprint density at radius 1 is 0.851 bits per heavy atom. The minimum atomic E-state index is -1.01. The number of anilines is 1. The van der Waals surface area contributed by atoms with E-state index in [0.717, 1.165) is 30.6 Å². The fourth-order valence-corrected chi connectivity index (χ4v) is 5.16. The molecule has 2 atom stereocenters. The summed E-state index contributed by atoms with van der Waals surface area (Å²) < 4.78 is 32.8. The molecule has 4 amide bonds. The molecule has 262 valence electrons. The number of carbonyl (C=O) groups excluding carboxylic acids is 5. The highest BCUT2D eigenvalue weighted by molar-refractivity contribution is 6.25. The number of imide groups is 2. The number of piperidine rings is 1. The quantitative estimate of drug-likeness (QED) is 0.0892. The summed E-state index contributed by atoms with van der Waals surface area (Å²) in [5.41, 5.74) is 0.906. The number of benzene rings is 1. The van der Waals surface area contributed by atoms with Gasteiger partial charge in [-0.05, 0) is 31.4 Å². The lowest BCUT2D eigenvalue weighted by Crippen LogP contribution is -2.54. The number of ether oxygens (including phenoxy) is 6. The average molecular weight is 664 g/mol. The smallest absolute Gasteiger partial charge is 0.308 e. The number of nitrogens with one attached hydrogen (secondary N) is 2. The standard InChI is InChI=1S/C33H49N3O11/c1-3-5-7-24(4-2)33(41)47-23-22-46-21-20-45-19-18-44-17-16-43-15-14-42-13-12-34-26-9-6-8-25-29(26)32(40)36(31(25)39)27-10-11-28(37)35-30(27)38/h6,8-9,24,27,34H,3-5,7,10-23H2,1-2H3,(H,35,37,38). The topological polar surface area (TPSA) is 168 Å². The van der Waals surface area contributed by atoms with Gasteiger partial charge in [-0.25, -0.2) is 0 Å². The third-order valence-corrected chi connectivity index (χ3v) is 7.72. The first-order valence-electron chi connectivity index (χ1n) is 16.5. The maximum atomic E-state index is 13.1. The Labute approximate surface area is 276 Å². The van der Waals surface area contributed by atoms with Crippen molar-refractivity contribution in [2.75, 3.05) is 84.5 Å². The number of hydrogen-bond donors (Lipinski definition) is 2. The van der Waals surface area contributed by atoms with E-state index < -0.39 is 29.7 Å². The zero-order valence-corrected chi connectivity index (χ0v) is 27.6. The Kier molecular flexibility index (Phi) is 17.3. The van der Waals surface area contributed by atoms with Crippen molar-refractivity contribution in [1.82, 2.24) is 10.2 Å². The minimum absolute atomic E-state index is 0.0257. The first-order chi connectivity index (χ1) is 22.9. The zero-order chi connectivity index (χ0) is 33.9. The second-order valence-corrected chi connectivity index (χ2v) is 11.1. The molecule has 2 heterocycles. The number of hydrogen-bond acceptors (Lipinski definition) is 12. The molecule has 1 aromatic carbocycles. The summed E-state index contributed by atoms with van der Waals surface area (Å²) in [7, 11) is 0. The third kappa shape index (κ3) is 12.3. The Balaban J connectivity index is 1.14. The molecule has 3 rings (SSSR count). The number of fused-ring (bicyclic) bond motifs is 1. The van der Waals surface area contributed by atoms with Gasteiger partial charge in [-0.3, -0.25) is 34.2 Å². The van der Waals surface area contributed by atoms with Gasteiger partial charge in [-0.1, -0.05) is 32.8 Å². The first kappa shape index (κ1) is 38.0. The summed E-state index contributed by atoms with van der Waals surface area (Å²) >= 11 is 0. The molecule has 14 nitrogen and oxygen atoms in total. The summed E-state index contributed by atoms with van der Waals surface area (Å²) in [6.07, 6.45) is 3.93. The molecule has 47 heavy (non-hydrogen) atoms. The van der Waals surface area contributed by atoms with Gasteiger partial charge in [-0.2, -0.15) is 0 Å². The van der Waals surface area contributed by atoms with Gasteiger partial charge >= 0.3 is 5.97 Å². The highest BCUT2D eigenvalue weighted by atomic mass is 16.6. The molecule has 1 saturated heterocycles. The molecule has 1 fully saturated rings. The number of esters is 1. The fourth-order valence-electron chi connectivity index (χ4n) is 5.16. The molecule has 0 spiro atoms. The molecule has 0 saturated carbocycles. The highest BCUT2D eigenvalue weighted by Gasteiger charge is 2.45. The lowest BCUT2D eigenvalue weighted by atomic mass is 10.00. The van der Waals surface area contributed by atoms with Gasteiger partial charge in [0.25, 0.3) is 11.8 Å². The fraction of sp³-hybridized carbons (Fsp3) is 0.667. The van der Waals surface area contributed by atoms with E-state index in [1.807, 2.05) is 6.92 Å². The maximum absolute atomic E-state index is 13.1. The minimum Gasteiger partial charge on any atom is -0.463 e. The van der Waals surface area contributed by atoms with Crippen molar-refractivity contribution < 1.29 is 52.4 Å². The molecule has 0 radical (unpaired) electrons. The van der Waals surface area contributed by atoms with Crippen LogP contribution in [-0.4, -0.2) is 120 Å². The van der Waals surface area contributed by atoms with Crippen LogP contribution in [0.1, 0.15) is 73.1 Å². The molecule has 0 bridgehead atoms. The monoisotopic (exact) mass is 663 g/mol. The molecule has 0 aromatic heterocycles. The predicted octanol–water partition coefficient (Wildman–Crippen LogP) is 2.34. The SMILES string of the molecule is CCCCC(CC)C(=O)OCCOCCOCCOCCOCCOCCNc1cccc2c1C(=O)N(C1CCC(=O)NC1=O)C2=O. The van der Waals surface area contributed by atoms with Gasteiger partial charge in [-0.15, -0.1) is 0 Å². The molecule has 1 aromatic rings. The van der Waals surface area contributed by atoms with Crippen molar-refractivity contribution in [3.8, 4) is 0 Å². The van der Waals surface area contributed by atoms with Gasteiger partial charge in [0.2, 0.25) is 11.8 Å². The Morgan fingerprint density at radius 2 is 1.45 bits per heavy atom. The van der Waals surface area contributed by atoms with Crippen LogP contribution in [0.2, 0.25) is 0 Å². The van der Waals surface area contributed by atoms with E-state index in [-0.39, 0.29) is 42.5 Å². The largest absolute Gasteiger partial charge is 0.463 e. The van der Waals surface area contributed by atoms with Crippen LogP contribution in [0, 0.1) is 5.92 Å². The van der Waals surface area contributed by atoms with Crippen LogP contribution in [0.15, 0.2) is 18.2 Å². The highest BCUT2D eigenvalue weighted by Crippen LogP contribution is 2.32. The molecule has 0 aliphatic carbocycles. The van der Waals surface area contributed by atoms with Gasteiger partial charge in [0, 0.05) is 18.7 Å². The van der Waals surface area contributed by atoms with E-state index >= 15 is 0 Å². The van der Waals surface area contributed by atoms with E-state index in [9.17, 15) is 24.0 Å². The van der Waals surface area contributed by atoms with Gasteiger partial charge in [0.1, 0.15) is 12.6 Å². The van der Waals surface area contributed by atoms with Crippen molar-refractivity contribution in [3.63, 3.8) is 0 Å².